The van der Waals surface area contributed by atoms with E-state index in [2.05, 4.69) is 19.9 Å². The lowest BCUT2D eigenvalue weighted by atomic mass is 9.48. The Morgan fingerprint density at radius 2 is 1.85 bits per heavy atom. The van der Waals surface area contributed by atoms with Crippen LogP contribution in [0.1, 0.15) is 78.1 Å². The Kier molecular flexibility index (Phi) is 3.16. The normalized spacial score (nSPS) is 52.2. The molecule has 0 aromatic rings. The molecule has 1 saturated heterocycles. The quantitative estimate of drug-likeness (QED) is 0.575. The van der Waals surface area contributed by atoms with Crippen molar-refractivity contribution in [2.75, 3.05) is 0 Å². The summed E-state index contributed by atoms with van der Waals surface area (Å²) < 4.78 is 6.17. The summed E-state index contributed by atoms with van der Waals surface area (Å²) in [5, 5.41) is 0. The number of ether oxygens (including phenoxy) is 1. The van der Waals surface area contributed by atoms with Crippen molar-refractivity contribution < 1.29 is 14.3 Å². The molecular weight excluding hydrogens is 336 g/mol. The van der Waals surface area contributed by atoms with Crippen molar-refractivity contribution in [1.29, 1.82) is 0 Å². The van der Waals surface area contributed by atoms with Crippen LogP contribution in [0.3, 0.4) is 0 Å². The number of esters is 1. The van der Waals surface area contributed by atoms with E-state index < -0.39 is 0 Å². The van der Waals surface area contributed by atoms with Crippen molar-refractivity contribution in [2.45, 2.75) is 83.7 Å². The van der Waals surface area contributed by atoms with Gasteiger partial charge in [-0.3, -0.25) is 9.59 Å². The number of rotatable bonds is 0. The van der Waals surface area contributed by atoms with Crippen molar-refractivity contribution >= 4 is 11.8 Å². The number of fused-ring (bicyclic) bond motifs is 7. The van der Waals surface area contributed by atoms with Crippen LogP contribution < -0.4 is 0 Å². The third kappa shape index (κ3) is 1.94. The van der Waals surface area contributed by atoms with Gasteiger partial charge in [0.1, 0.15) is 5.60 Å². The molecule has 5 aliphatic carbocycles. The maximum absolute atomic E-state index is 12.1. The van der Waals surface area contributed by atoms with Crippen LogP contribution in [0.15, 0.2) is 11.6 Å². The molecule has 5 unspecified atom stereocenters. The second kappa shape index (κ2) is 5.07. The molecule has 27 heavy (non-hydrogen) atoms. The summed E-state index contributed by atoms with van der Waals surface area (Å²) in [6.45, 7) is 4.81. The fourth-order valence-corrected chi connectivity index (χ4v) is 8.88. The zero-order chi connectivity index (χ0) is 18.6. The average molecular weight is 369 g/mol. The predicted molar refractivity (Wildman–Crippen MR) is 102 cm³/mol. The van der Waals surface area contributed by atoms with Crippen molar-refractivity contribution in [1.82, 2.24) is 0 Å². The van der Waals surface area contributed by atoms with Gasteiger partial charge in [0.15, 0.2) is 5.78 Å². The molecule has 6 rings (SSSR count). The molecule has 1 heterocycles. The molecule has 0 bridgehead atoms. The van der Waals surface area contributed by atoms with E-state index >= 15 is 0 Å². The lowest BCUT2D eigenvalue weighted by Gasteiger charge is -2.57. The van der Waals surface area contributed by atoms with Crippen LogP contribution in [0.2, 0.25) is 0 Å². The van der Waals surface area contributed by atoms with E-state index in [-0.39, 0.29) is 17.0 Å². The second-order valence-electron chi connectivity index (χ2n) is 11.1. The fourth-order valence-electron chi connectivity index (χ4n) is 8.88. The minimum atomic E-state index is -0.199. The summed E-state index contributed by atoms with van der Waals surface area (Å²) in [4.78, 5) is 24.3. The molecule has 0 aromatic carbocycles. The molecule has 146 valence electrons. The van der Waals surface area contributed by atoms with E-state index in [1.165, 1.54) is 38.5 Å². The lowest BCUT2D eigenvalue weighted by Crippen LogP contribution is -2.54. The average Bonchev–Trinajstić information content (AvgIpc) is 3.23. The highest BCUT2D eigenvalue weighted by molar-refractivity contribution is 5.91. The van der Waals surface area contributed by atoms with Gasteiger partial charge in [0.2, 0.25) is 0 Å². The van der Waals surface area contributed by atoms with Crippen molar-refractivity contribution in [3.8, 4) is 0 Å². The first-order valence-electron chi connectivity index (χ1n) is 11.4. The maximum Gasteiger partial charge on any atom is 0.306 e. The molecule has 0 aromatic heterocycles. The molecule has 2 spiro atoms. The molecule has 0 N–H and O–H groups in total. The van der Waals surface area contributed by atoms with Gasteiger partial charge in [-0.25, -0.2) is 0 Å². The lowest BCUT2D eigenvalue weighted by molar-refractivity contribution is -0.172. The highest BCUT2D eigenvalue weighted by Crippen LogP contribution is 2.74. The topological polar surface area (TPSA) is 43.4 Å². The molecule has 1 aliphatic heterocycles. The van der Waals surface area contributed by atoms with E-state index in [4.69, 9.17) is 4.74 Å². The molecular formula is C24H32O3. The van der Waals surface area contributed by atoms with Gasteiger partial charge in [0.25, 0.3) is 0 Å². The third-order valence-corrected chi connectivity index (χ3v) is 10.3. The fraction of sp³-hybridized carbons (Fsp3) is 0.833. The zero-order valence-corrected chi connectivity index (χ0v) is 16.8. The summed E-state index contributed by atoms with van der Waals surface area (Å²) in [5.74, 6) is 3.76. The Morgan fingerprint density at radius 1 is 1.04 bits per heavy atom. The standard InChI is InChI=1S/C24H32O3/c1-14-11-19-18-13-23(9-10-23)20-12-15(25)3-4-17(20)16(18)5-7-22(19,2)24(14)8-6-21(26)27-24/h12,14,16-19H,3-11,13H2,1-2H3/t14-,16?,17?,18?,19?,22+,24?/m1/s1. The first-order valence-corrected chi connectivity index (χ1v) is 11.4. The molecule has 0 radical (unpaired) electrons. The van der Waals surface area contributed by atoms with Crippen LogP contribution in [-0.2, 0) is 14.3 Å². The van der Waals surface area contributed by atoms with Gasteiger partial charge in [-0.05, 0) is 92.4 Å². The molecule has 4 saturated carbocycles. The Balaban J connectivity index is 1.40. The summed E-state index contributed by atoms with van der Waals surface area (Å²) in [7, 11) is 0. The van der Waals surface area contributed by atoms with Crippen LogP contribution >= 0.6 is 0 Å². The van der Waals surface area contributed by atoms with Crippen molar-refractivity contribution in [3.63, 3.8) is 0 Å². The Labute approximate surface area is 162 Å². The van der Waals surface area contributed by atoms with E-state index in [1.807, 2.05) is 0 Å². The monoisotopic (exact) mass is 368 g/mol. The van der Waals surface area contributed by atoms with Gasteiger partial charge in [-0.1, -0.05) is 19.4 Å². The van der Waals surface area contributed by atoms with E-state index in [0.29, 0.717) is 35.4 Å². The van der Waals surface area contributed by atoms with Crippen molar-refractivity contribution in [2.24, 2.45) is 40.4 Å². The molecule has 5 fully saturated rings. The molecule has 7 atom stereocenters. The summed E-state index contributed by atoms with van der Waals surface area (Å²) in [6.07, 6.45) is 13.0. The van der Waals surface area contributed by atoms with Gasteiger partial charge in [0, 0.05) is 18.3 Å². The van der Waals surface area contributed by atoms with Gasteiger partial charge in [-0.15, -0.1) is 0 Å². The number of carbonyl (C=O) groups is 2. The van der Waals surface area contributed by atoms with Gasteiger partial charge in [0.05, 0.1) is 0 Å². The van der Waals surface area contributed by atoms with Crippen LogP contribution in [0.5, 0.6) is 0 Å². The first-order chi connectivity index (χ1) is 12.9. The summed E-state index contributed by atoms with van der Waals surface area (Å²) in [5.41, 5.74) is 1.87. The summed E-state index contributed by atoms with van der Waals surface area (Å²) in [6, 6.07) is 0. The van der Waals surface area contributed by atoms with Crippen molar-refractivity contribution in [3.05, 3.63) is 11.6 Å². The van der Waals surface area contributed by atoms with Gasteiger partial charge < -0.3 is 4.74 Å². The minimum absolute atomic E-state index is 0.0316. The highest BCUT2D eigenvalue weighted by Gasteiger charge is 2.70. The third-order valence-electron chi connectivity index (χ3n) is 10.3. The molecule has 3 heteroatoms. The van der Waals surface area contributed by atoms with Crippen LogP contribution in [0, 0.1) is 40.4 Å². The Hall–Kier alpha value is -1.12. The van der Waals surface area contributed by atoms with Crippen LogP contribution in [0.25, 0.3) is 0 Å². The minimum Gasteiger partial charge on any atom is -0.458 e. The SMILES string of the molecule is C[C@@H]1CC2C3CC4(CC4)C4=CC(=O)CCC4C3CC[C@]2(C)C12CCC(=O)O2. The largest absolute Gasteiger partial charge is 0.458 e. The number of ketones is 1. The van der Waals surface area contributed by atoms with E-state index in [1.54, 1.807) is 5.57 Å². The summed E-state index contributed by atoms with van der Waals surface area (Å²) >= 11 is 0. The Morgan fingerprint density at radius 3 is 2.56 bits per heavy atom. The predicted octanol–water partition coefficient (Wildman–Crippen LogP) is 4.84. The number of allylic oxidation sites excluding steroid dienone is 1. The van der Waals surface area contributed by atoms with Gasteiger partial charge >= 0.3 is 5.97 Å². The van der Waals surface area contributed by atoms with Crippen LogP contribution in [-0.4, -0.2) is 17.4 Å². The molecule has 6 aliphatic rings. The zero-order valence-electron chi connectivity index (χ0n) is 16.8. The molecule has 0 amide bonds. The highest BCUT2D eigenvalue weighted by atomic mass is 16.6. The van der Waals surface area contributed by atoms with Gasteiger partial charge in [-0.2, -0.15) is 0 Å². The second-order valence-corrected chi connectivity index (χ2v) is 11.1. The Bertz CT molecular complexity index is 762. The number of hydrogen-bond acceptors (Lipinski definition) is 3. The number of carbonyl (C=O) groups excluding carboxylic acids is 2. The van der Waals surface area contributed by atoms with Crippen LogP contribution in [0.4, 0.5) is 0 Å². The smallest absolute Gasteiger partial charge is 0.306 e. The maximum atomic E-state index is 12.1. The molecule has 3 nitrogen and oxygen atoms in total. The first kappa shape index (κ1) is 16.8. The van der Waals surface area contributed by atoms with E-state index in [9.17, 15) is 9.59 Å². The number of hydrogen-bond donors (Lipinski definition) is 0. The van der Waals surface area contributed by atoms with E-state index in [0.717, 1.165) is 31.1 Å².